The minimum absolute atomic E-state index is 0.0111. The quantitative estimate of drug-likeness (QED) is 0.457. The summed E-state index contributed by atoms with van der Waals surface area (Å²) in [6.07, 6.45) is 5.58. The smallest absolute Gasteiger partial charge is 0.288 e. The van der Waals surface area contributed by atoms with E-state index in [1.165, 1.54) is 37.0 Å². The molecule has 5 nitrogen and oxygen atoms in total. The predicted molar refractivity (Wildman–Crippen MR) is 67.7 cm³/mol. The van der Waals surface area contributed by atoms with Crippen LogP contribution in [-0.2, 0) is 4.79 Å². The highest BCUT2D eigenvalue weighted by molar-refractivity contribution is 8.13. The summed E-state index contributed by atoms with van der Waals surface area (Å²) >= 11 is 1.23. The van der Waals surface area contributed by atoms with Gasteiger partial charge in [0.05, 0.1) is 4.92 Å². The van der Waals surface area contributed by atoms with Gasteiger partial charge in [-0.15, -0.1) is 0 Å². The second kappa shape index (κ2) is 6.80. The Kier molecular flexibility index (Phi) is 5.35. The topological polar surface area (TPSA) is 73.1 Å². The van der Waals surface area contributed by atoms with Crippen LogP contribution in [0.15, 0.2) is 24.4 Å². The number of allylic oxidation sites excluding steroid dienone is 1. The molecule has 0 aliphatic heterocycles. The first kappa shape index (κ1) is 13.4. The van der Waals surface area contributed by atoms with Gasteiger partial charge in [0.25, 0.3) is 5.69 Å². The van der Waals surface area contributed by atoms with Gasteiger partial charge in [0.15, 0.2) is 5.12 Å². The molecule has 0 atom stereocenters. The number of carbonyl (C=O) groups is 1. The lowest BCUT2D eigenvalue weighted by Crippen LogP contribution is -1.93. The van der Waals surface area contributed by atoms with Crippen LogP contribution in [0, 0.1) is 10.1 Å². The summed E-state index contributed by atoms with van der Waals surface area (Å²) < 4.78 is 0. The van der Waals surface area contributed by atoms with E-state index in [1.54, 1.807) is 12.2 Å². The summed E-state index contributed by atoms with van der Waals surface area (Å²) in [5.74, 6) is 0.673. The number of carbonyl (C=O) groups excluding carboxylic acids is 1. The van der Waals surface area contributed by atoms with Crippen LogP contribution >= 0.6 is 11.8 Å². The van der Waals surface area contributed by atoms with Gasteiger partial charge < -0.3 is 0 Å². The van der Waals surface area contributed by atoms with Crippen molar-refractivity contribution in [2.24, 2.45) is 0 Å². The van der Waals surface area contributed by atoms with Crippen LogP contribution in [0.1, 0.15) is 19.0 Å². The Balaban J connectivity index is 2.59. The molecule has 0 N–H and O–H groups in total. The molecule has 0 saturated heterocycles. The summed E-state index contributed by atoms with van der Waals surface area (Å²) in [7, 11) is 0. The van der Waals surface area contributed by atoms with Crippen molar-refractivity contribution in [2.75, 3.05) is 5.75 Å². The van der Waals surface area contributed by atoms with Crippen LogP contribution < -0.4 is 0 Å². The van der Waals surface area contributed by atoms with Gasteiger partial charge in [0.1, 0.15) is 5.69 Å². The van der Waals surface area contributed by atoms with Gasteiger partial charge in [-0.1, -0.05) is 17.8 Å². The number of thioether (sulfide) groups is 1. The van der Waals surface area contributed by atoms with E-state index in [9.17, 15) is 14.9 Å². The van der Waals surface area contributed by atoms with E-state index in [0.717, 1.165) is 0 Å². The van der Waals surface area contributed by atoms with E-state index in [0.29, 0.717) is 17.9 Å². The molecular formula is C11H12N2O3S. The molecule has 0 spiro atoms. The van der Waals surface area contributed by atoms with Crippen LogP contribution in [0.3, 0.4) is 0 Å². The molecule has 0 amide bonds. The van der Waals surface area contributed by atoms with E-state index in [4.69, 9.17) is 0 Å². The summed E-state index contributed by atoms with van der Waals surface area (Å²) in [4.78, 5) is 24.8. The Bertz CT molecular complexity index is 446. The fourth-order valence-corrected chi connectivity index (χ4v) is 1.70. The molecule has 17 heavy (non-hydrogen) atoms. The predicted octanol–water partition coefficient (Wildman–Crippen LogP) is 2.67. The Morgan fingerprint density at radius 2 is 2.41 bits per heavy atom. The second-order valence-corrected chi connectivity index (χ2v) is 4.47. The minimum atomic E-state index is -0.461. The highest BCUT2D eigenvalue weighted by atomic mass is 32.2. The number of nitro groups is 1. The maximum Gasteiger partial charge on any atom is 0.294 e. The van der Waals surface area contributed by atoms with Crippen LogP contribution in [0.4, 0.5) is 5.69 Å². The minimum Gasteiger partial charge on any atom is -0.288 e. The number of rotatable bonds is 5. The Labute approximate surface area is 103 Å². The summed E-state index contributed by atoms with van der Waals surface area (Å²) in [5.41, 5.74) is 0.327. The van der Waals surface area contributed by atoms with E-state index in [-0.39, 0.29) is 10.8 Å². The van der Waals surface area contributed by atoms with Gasteiger partial charge in [-0.25, -0.2) is 4.98 Å². The van der Waals surface area contributed by atoms with Crippen LogP contribution in [-0.4, -0.2) is 20.8 Å². The number of aromatic nitrogens is 1. The zero-order valence-electron chi connectivity index (χ0n) is 9.33. The lowest BCUT2D eigenvalue weighted by Gasteiger charge is -1.95. The largest absolute Gasteiger partial charge is 0.294 e. The van der Waals surface area contributed by atoms with Crippen molar-refractivity contribution < 1.29 is 9.72 Å². The lowest BCUT2D eigenvalue weighted by molar-refractivity contribution is -0.385. The molecule has 0 aliphatic carbocycles. The first-order chi connectivity index (χ1) is 8.11. The maximum atomic E-state index is 10.7. The van der Waals surface area contributed by atoms with E-state index >= 15 is 0 Å². The molecule has 90 valence electrons. The standard InChI is InChI=1S/C11H12N2O3S/c1-9(14)17-8-3-2-5-10-11(13(15)16)6-4-7-12-10/h2,4-7H,3,8H2,1H3. The Morgan fingerprint density at radius 1 is 1.65 bits per heavy atom. The van der Waals surface area contributed by atoms with Crippen molar-refractivity contribution in [3.63, 3.8) is 0 Å². The lowest BCUT2D eigenvalue weighted by atomic mass is 10.2. The molecule has 0 saturated carbocycles. The molecule has 1 aromatic rings. The summed E-state index contributed by atoms with van der Waals surface area (Å²) in [6.45, 7) is 1.51. The molecule has 6 heteroatoms. The van der Waals surface area contributed by atoms with E-state index in [2.05, 4.69) is 4.98 Å². The van der Waals surface area contributed by atoms with Gasteiger partial charge in [-0.05, 0) is 18.6 Å². The number of nitrogens with zero attached hydrogens (tertiary/aromatic N) is 2. The van der Waals surface area contributed by atoms with Gasteiger partial charge in [-0.3, -0.25) is 14.9 Å². The molecule has 0 aliphatic rings. The monoisotopic (exact) mass is 252 g/mol. The van der Waals surface area contributed by atoms with Crippen molar-refractivity contribution in [1.29, 1.82) is 0 Å². The molecule has 0 radical (unpaired) electrons. The third-order valence-corrected chi connectivity index (χ3v) is 2.72. The fourth-order valence-electron chi connectivity index (χ4n) is 1.16. The van der Waals surface area contributed by atoms with Crippen molar-refractivity contribution in [3.05, 3.63) is 40.2 Å². The van der Waals surface area contributed by atoms with Crippen molar-refractivity contribution in [3.8, 4) is 0 Å². The normalized spacial score (nSPS) is 10.6. The first-order valence-electron chi connectivity index (χ1n) is 5.00. The van der Waals surface area contributed by atoms with Crippen molar-refractivity contribution in [2.45, 2.75) is 13.3 Å². The van der Waals surface area contributed by atoms with Crippen molar-refractivity contribution in [1.82, 2.24) is 4.98 Å². The summed E-state index contributed by atoms with van der Waals surface area (Å²) in [6, 6.07) is 2.94. The van der Waals surface area contributed by atoms with Gasteiger partial charge in [0.2, 0.25) is 0 Å². The van der Waals surface area contributed by atoms with Crippen molar-refractivity contribution >= 4 is 28.6 Å². The first-order valence-corrected chi connectivity index (χ1v) is 5.99. The fraction of sp³-hybridized carbons (Fsp3) is 0.273. The zero-order chi connectivity index (χ0) is 12.7. The molecule has 0 aromatic carbocycles. The summed E-state index contributed by atoms with van der Waals surface area (Å²) in [5, 5.41) is 10.8. The number of hydrogen-bond donors (Lipinski definition) is 0. The molecule has 1 heterocycles. The van der Waals surface area contributed by atoms with Crippen LogP contribution in [0.2, 0.25) is 0 Å². The molecule has 1 rings (SSSR count). The van der Waals surface area contributed by atoms with E-state index < -0.39 is 4.92 Å². The molecule has 0 bridgehead atoms. The second-order valence-electron chi connectivity index (χ2n) is 3.20. The Morgan fingerprint density at radius 3 is 3.06 bits per heavy atom. The third kappa shape index (κ3) is 4.78. The molecular weight excluding hydrogens is 240 g/mol. The van der Waals surface area contributed by atoms with Crippen LogP contribution in [0.5, 0.6) is 0 Å². The van der Waals surface area contributed by atoms with Gasteiger partial charge >= 0.3 is 0 Å². The maximum absolute atomic E-state index is 10.7. The number of hydrogen-bond acceptors (Lipinski definition) is 5. The SMILES string of the molecule is CC(=O)SCCC=Cc1ncccc1[N+](=O)[O-]. The highest BCUT2D eigenvalue weighted by Crippen LogP contribution is 2.16. The Hall–Kier alpha value is -1.69. The van der Waals surface area contributed by atoms with Crippen LogP contribution in [0.25, 0.3) is 6.08 Å². The van der Waals surface area contributed by atoms with E-state index in [1.807, 2.05) is 0 Å². The highest BCUT2D eigenvalue weighted by Gasteiger charge is 2.10. The average molecular weight is 252 g/mol. The molecule has 1 aromatic heterocycles. The number of pyridine rings is 1. The zero-order valence-corrected chi connectivity index (χ0v) is 10.1. The van der Waals surface area contributed by atoms with Gasteiger partial charge in [0, 0.05) is 24.9 Å². The van der Waals surface area contributed by atoms with Gasteiger partial charge in [-0.2, -0.15) is 0 Å². The third-order valence-electron chi connectivity index (χ3n) is 1.88. The molecule has 0 unspecified atom stereocenters. The average Bonchev–Trinajstić information content (AvgIpc) is 2.28. The molecule has 0 fully saturated rings.